The zero-order valence-corrected chi connectivity index (χ0v) is 16.4. The molecule has 4 rings (SSSR count). The van der Waals surface area contributed by atoms with Crippen LogP contribution in [0.2, 0.25) is 4.34 Å². The van der Waals surface area contributed by atoms with Crippen molar-refractivity contribution in [1.82, 2.24) is 9.21 Å². The van der Waals surface area contributed by atoms with Crippen LogP contribution < -0.4 is 0 Å². The number of carbonyl (C=O) groups excluding carboxylic acids is 1. The van der Waals surface area contributed by atoms with Crippen LogP contribution >= 0.6 is 22.9 Å². The second-order valence-electron chi connectivity index (χ2n) is 6.63. The summed E-state index contributed by atoms with van der Waals surface area (Å²) < 4.78 is 32.7. The number of amides is 1. The zero-order chi connectivity index (χ0) is 19.3. The first-order chi connectivity index (χ1) is 12.8. The Labute approximate surface area is 165 Å². The number of piperazine rings is 1. The van der Waals surface area contributed by atoms with Gasteiger partial charge in [-0.15, -0.1) is 11.3 Å². The molecular weight excluding hydrogens is 416 g/mol. The third kappa shape index (κ3) is 3.19. The second-order valence-corrected chi connectivity index (χ2v) is 10.5. The number of carboxylic acid groups (broad SMARTS) is 1. The molecule has 11 heteroatoms. The molecule has 146 valence electrons. The van der Waals surface area contributed by atoms with Gasteiger partial charge in [-0.3, -0.25) is 9.59 Å². The van der Waals surface area contributed by atoms with Gasteiger partial charge < -0.3 is 14.7 Å². The van der Waals surface area contributed by atoms with Crippen molar-refractivity contribution in [1.29, 1.82) is 0 Å². The first kappa shape index (κ1) is 18.9. The van der Waals surface area contributed by atoms with Gasteiger partial charge in [-0.1, -0.05) is 23.8 Å². The van der Waals surface area contributed by atoms with E-state index in [0.717, 1.165) is 11.3 Å². The Kier molecular flexibility index (Phi) is 4.79. The summed E-state index contributed by atoms with van der Waals surface area (Å²) in [5.74, 6) is -3.02. The number of aliphatic carboxylic acids is 1. The molecular formula is C16H17ClN2O6S2. The topological polar surface area (TPSA) is 104 Å². The Bertz CT molecular complexity index is 906. The molecule has 1 aromatic rings. The lowest BCUT2D eigenvalue weighted by Gasteiger charge is -2.36. The van der Waals surface area contributed by atoms with Gasteiger partial charge >= 0.3 is 5.97 Å². The van der Waals surface area contributed by atoms with Crippen LogP contribution in [0, 0.1) is 11.8 Å². The predicted octanol–water partition coefficient (Wildman–Crippen LogP) is 0.889. The van der Waals surface area contributed by atoms with E-state index in [0.29, 0.717) is 4.34 Å². The smallest absolute Gasteiger partial charge is 0.310 e. The molecule has 1 amide bonds. The quantitative estimate of drug-likeness (QED) is 0.708. The molecule has 1 aromatic heterocycles. The number of halogens is 1. The molecule has 0 unspecified atom stereocenters. The first-order valence-corrected chi connectivity index (χ1v) is 11.0. The molecule has 3 aliphatic rings. The van der Waals surface area contributed by atoms with Gasteiger partial charge in [-0.25, -0.2) is 8.42 Å². The van der Waals surface area contributed by atoms with Gasteiger partial charge in [0, 0.05) is 26.2 Å². The highest BCUT2D eigenvalue weighted by Gasteiger charge is 2.54. The minimum atomic E-state index is -3.64. The average molecular weight is 433 g/mol. The van der Waals surface area contributed by atoms with Crippen molar-refractivity contribution in [3.05, 3.63) is 28.6 Å². The van der Waals surface area contributed by atoms with Crippen LogP contribution in [-0.4, -0.2) is 73.0 Å². The minimum Gasteiger partial charge on any atom is -0.481 e. The summed E-state index contributed by atoms with van der Waals surface area (Å²) in [5, 5.41) is 9.45. The number of sulfonamides is 1. The Morgan fingerprint density at radius 1 is 1.11 bits per heavy atom. The molecule has 2 fully saturated rings. The molecule has 4 atom stereocenters. The molecule has 27 heavy (non-hydrogen) atoms. The standard InChI is InChI=1S/C16H17ClN2O6S2/c17-11-3-4-12(26-11)27(23,24)19-7-5-18(6-8-19)15(20)13-9-1-2-10(25-9)14(13)16(21)22/h1-4,9-10,13-14H,5-8H2,(H,21,22)/t9-,10+,13-,14+/m1/s1. The van der Waals surface area contributed by atoms with Crippen LogP contribution in [0.25, 0.3) is 0 Å². The monoisotopic (exact) mass is 432 g/mol. The fourth-order valence-electron chi connectivity index (χ4n) is 3.82. The second kappa shape index (κ2) is 6.85. The van der Waals surface area contributed by atoms with Gasteiger partial charge in [0.05, 0.1) is 22.5 Å². The van der Waals surface area contributed by atoms with Crippen molar-refractivity contribution < 1.29 is 27.9 Å². The number of hydrogen-bond donors (Lipinski definition) is 1. The van der Waals surface area contributed by atoms with Gasteiger partial charge in [0.25, 0.3) is 10.0 Å². The SMILES string of the molecule is O=C(O)[C@@H]1[C@H](C(=O)N2CCN(S(=O)(=O)c3ccc(Cl)s3)CC2)[C@H]2C=C[C@@H]1O2. The van der Waals surface area contributed by atoms with Gasteiger partial charge in [-0.2, -0.15) is 4.31 Å². The van der Waals surface area contributed by atoms with Gasteiger partial charge in [0.2, 0.25) is 5.91 Å². The van der Waals surface area contributed by atoms with E-state index in [2.05, 4.69) is 0 Å². The normalized spacial score (nSPS) is 30.8. The minimum absolute atomic E-state index is 0.152. The van der Waals surface area contributed by atoms with E-state index in [-0.39, 0.29) is 36.3 Å². The van der Waals surface area contributed by atoms with Gasteiger partial charge in [-0.05, 0) is 12.1 Å². The summed E-state index contributed by atoms with van der Waals surface area (Å²) in [4.78, 5) is 26.0. The molecule has 0 spiro atoms. The van der Waals surface area contributed by atoms with Crippen LogP contribution in [0.1, 0.15) is 0 Å². The van der Waals surface area contributed by atoms with Crippen molar-refractivity contribution in [2.45, 2.75) is 16.4 Å². The third-order valence-electron chi connectivity index (χ3n) is 5.16. The predicted molar refractivity (Wildman–Crippen MR) is 97.1 cm³/mol. The summed E-state index contributed by atoms with van der Waals surface area (Å²) in [7, 11) is -3.64. The fourth-order valence-corrected chi connectivity index (χ4v) is 6.88. The van der Waals surface area contributed by atoms with Crippen molar-refractivity contribution in [3.8, 4) is 0 Å². The Hall–Kier alpha value is -1.46. The molecule has 0 saturated carbocycles. The van der Waals surface area contributed by atoms with E-state index in [9.17, 15) is 23.1 Å². The zero-order valence-electron chi connectivity index (χ0n) is 14.0. The van der Waals surface area contributed by atoms with E-state index in [1.165, 1.54) is 21.3 Å². The number of carboxylic acids is 1. The summed E-state index contributed by atoms with van der Waals surface area (Å²) in [6.07, 6.45) is 2.31. The summed E-state index contributed by atoms with van der Waals surface area (Å²) in [6.45, 7) is 0.722. The number of carbonyl (C=O) groups is 2. The highest BCUT2D eigenvalue weighted by atomic mass is 35.5. The summed E-state index contributed by atoms with van der Waals surface area (Å²) in [5.41, 5.74) is 0. The summed E-state index contributed by atoms with van der Waals surface area (Å²) in [6, 6.07) is 3.00. The Morgan fingerprint density at radius 2 is 1.74 bits per heavy atom. The molecule has 0 aromatic carbocycles. The molecule has 2 saturated heterocycles. The number of hydrogen-bond acceptors (Lipinski definition) is 6. The van der Waals surface area contributed by atoms with E-state index in [1.54, 1.807) is 12.2 Å². The van der Waals surface area contributed by atoms with Crippen molar-refractivity contribution in [3.63, 3.8) is 0 Å². The maximum atomic E-state index is 12.9. The first-order valence-electron chi connectivity index (χ1n) is 8.40. The molecule has 8 nitrogen and oxygen atoms in total. The van der Waals surface area contributed by atoms with Crippen LogP contribution in [-0.2, 0) is 24.3 Å². The lowest BCUT2D eigenvalue weighted by molar-refractivity contribution is -0.150. The van der Waals surface area contributed by atoms with Crippen molar-refractivity contribution in [2.24, 2.45) is 11.8 Å². The number of fused-ring (bicyclic) bond motifs is 2. The molecule has 2 bridgehead atoms. The third-order valence-corrected chi connectivity index (χ3v) is 8.76. The number of rotatable bonds is 4. The molecule has 4 heterocycles. The highest BCUT2D eigenvalue weighted by Crippen LogP contribution is 2.40. The Morgan fingerprint density at radius 3 is 2.30 bits per heavy atom. The van der Waals surface area contributed by atoms with Crippen molar-refractivity contribution >= 4 is 44.8 Å². The number of nitrogens with zero attached hydrogens (tertiary/aromatic N) is 2. The van der Waals surface area contributed by atoms with E-state index >= 15 is 0 Å². The van der Waals surface area contributed by atoms with Gasteiger partial charge in [0.15, 0.2) is 0 Å². The molecule has 0 radical (unpaired) electrons. The molecule has 1 N–H and O–H groups in total. The van der Waals surface area contributed by atoms with Crippen LogP contribution in [0.15, 0.2) is 28.5 Å². The van der Waals surface area contributed by atoms with Gasteiger partial charge in [0.1, 0.15) is 10.1 Å². The van der Waals surface area contributed by atoms with Crippen molar-refractivity contribution in [2.75, 3.05) is 26.2 Å². The van der Waals surface area contributed by atoms with Crippen LogP contribution in [0.3, 0.4) is 0 Å². The van der Waals surface area contributed by atoms with Crippen LogP contribution in [0.5, 0.6) is 0 Å². The molecule has 0 aliphatic carbocycles. The number of thiophene rings is 1. The van der Waals surface area contributed by atoms with E-state index < -0.39 is 40.0 Å². The molecule has 3 aliphatic heterocycles. The highest BCUT2D eigenvalue weighted by molar-refractivity contribution is 7.91. The van der Waals surface area contributed by atoms with E-state index in [1.807, 2.05) is 0 Å². The lowest BCUT2D eigenvalue weighted by atomic mass is 9.82. The van der Waals surface area contributed by atoms with Crippen LogP contribution in [0.4, 0.5) is 0 Å². The number of ether oxygens (including phenoxy) is 1. The van der Waals surface area contributed by atoms with E-state index in [4.69, 9.17) is 16.3 Å². The Balaban J connectivity index is 1.44. The summed E-state index contributed by atoms with van der Waals surface area (Å²) >= 11 is 6.82. The fraction of sp³-hybridized carbons (Fsp3) is 0.500. The maximum absolute atomic E-state index is 12.9. The lowest BCUT2D eigenvalue weighted by Crippen LogP contribution is -2.54. The maximum Gasteiger partial charge on any atom is 0.310 e. The largest absolute Gasteiger partial charge is 0.481 e. The average Bonchev–Trinajstić information content (AvgIpc) is 3.36.